The Morgan fingerprint density at radius 1 is 1.03 bits per heavy atom. The maximum Gasteiger partial charge on any atom is 0.416 e. The molecule has 0 spiro atoms. The summed E-state index contributed by atoms with van der Waals surface area (Å²) in [7, 11) is 1.67. The predicted molar refractivity (Wildman–Crippen MR) is 138 cm³/mol. The normalized spacial score (nSPS) is 12.1. The molecule has 2 aromatic carbocycles. The first-order valence-corrected chi connectivity index (χ1v) is 11.7. The average Bonchev–Trinajstić information content (AvgIpc) is 3.11. The molecule has 0 bridgehead atoms. The number of benzene rings is 2. The van der Waals surface area contributed by atoms with Crippen molar-refractivity contribution in [1.29, 1.82) is 0 Å². The Bertz CT molecular complexity index is 1580. The van der Waals surface area contributed by atoms with Gasteiger partial charge in [0.05, 0.1) is 16.9 Å². The summed E-state index contributed by atoms with van der Waals surface area (Å²) in [5.74, 6) is -1.74. The summed E-state index contributed by atoms with van der Waals surface area (Å²) in [6.07, 6.45) is -4.52. The number of nitrogens with one attached hydrogen (secondary N) is 2. The van der Waals surface area contributed by atoms with Gasteiger partial charge in [-0.2, -0.15) is 13.2 Å². The lowest BCUT2D eigenvalue weighted by atomic mass is 10.2. The molecular weight excluding hydrogens is 515 g/mol. The highest BCUT2D eigenvalue weighted by atomic mass is 19.4. The second-order valence-corrected chi connectivity index (χ2v) is 8.58. The minimum atomic E-state index is -4.55. The Kier molecular flexibility index (Phi) is 7.56. The van der Waals surface area contributed by atoms with Gasteiger partial charge in [0, 0.05) is 18.9 Å². The number of para-hydroxylation sites is 1. The van der Waals surface area contributed by atoms with Crippen molar-refractivity contribution in [2.24, 2.45) is 7.05 Å². The Morgan fingerprint density at radius 3 is 2.44 bits per heavy atom. The first-order valence-electron chi connectivity index (χ1n) is 11.7. The Balaban J connectivity index is 1.50. The number of carbonyl (C=O) groups excluding carboxylic acids is 2. The number of aromatic nitrogens is 3. The number of hydrogen-bond acceptors (Lipinski definition) is 6. The number of halogens is 3. The SMILES string of the molecule is Cc1c(NC(=O)[C@H](C)OC(=O)c2cccnc2Nc2cccc(C(F)(F)F)c2)c(=O)n(-c2ccccc2)n1C. The van der Waals surface area contributed by atoms with Crippen LogP contribution in [0.3, 0.4) is 0 Å². The maximum atomic E-state index is 13.1. The third-order valence-corrected chi connectivity index (χ3v) is 5.94. The molecule has 9 nitrogen and oxygen atoms in total. The number of alkyl halides is 3. The lowest BCUT2D eigenvalue weighted by molar-refractivity contribution is -0.137. The van der Waals surface area contributed by atoms with Crippen molar-refractivity contribution in [2.75, 3.05) is 10.6 Å². The molecule has 39 heavy (non-hydrogen) atoms. The molecule has 4 rings (SSSR count). The Labute approximate surface area is 220 Å². The number of amides is 1. The fraction of sp³-hybridized carbons (Fsp3) is 0.185. The fourth-order valence-corrected chi connectivity index (χ4v) is 3.79. The number of carbonyl (C=O) groups is 2. The third kappa shape index (κ3) is 5.84. The first-order chi connectivity index (χ1) is 18.5. The molecule has 12 heteroatoms. The molecule has 0 aliphatic carbocycles. The van der Waals surface area contributed by atoms with Crippen molar-refractivity contribution in [1.82, 2.24) is 14.3 Å². The molecule has 202 valence electrons. The Hall–Kier alpha value is -4.87. The van der Waals surface area contributed by atoms with Crippen LogP contribution in [-0.4, -0.2) is 32.3 Å². The maximum absolute atomic E-state index is 13.1. The lowest BCUT2D eigenvalue weighted by Gasteiger charge is -2.15. The molecule has 2 heterocycles. The summed E-state index contributed by atoms with van der Waals surface area (Å²) in [5.41, 5.74) is -0.272. The molecule has 0 saturated carbocycles. The quantitative estimate of drug-likeness (QED) is 0.326. The van der Waals surface area contributed by atoms with Crippen LogP contribution in [0.1, 0.15) is 28.5 Å². The van der Waals surface area contributed by atoms with Crippen LogP contribution < -0.4 is 16.2 Å². The molecule has 0 fully saturated rings. The molecule has 1 atom stereocenters. The summed E-state index contributed by atoms with van der Waals surface area (Å²) in [4.78, 5) is 42.8. The smallest absolute Gasteiger partial charge is 0.416 e. The van der Waals surface area contributed by atoms with Gasteiger partial charge in [-0.25, -0.2) is 14.5 Å². The van der Waals surface area contributed by atoms with Gasteiger partial charge in [-0.3, -0.25) is 14.3 Å². The van der Waals surface area contributed by atoms with Crippen molar-refractivity contribution in [2.45, 2.75) is 26.1 Å². The summed E-state index contributed by atoms with van der Waals surface area (Å²) in [6, 6.07) is 16.1. The molecule has 1 amide bonds. The summed E-state index contributed by atoms with van der Waals surface area (Å²) >= 11 is 0. The van der Waals surface area contributed by atoms with E-state index in [9.17, 15) is 27.6 Å². The monoisotopic (exact) mass is 539 g/mol. The zero-order valence-electron chi connectivity index (χ0n) is 21.1. The lowest BCUT2D eigenvalue weighted by Crippen LogP contribution is -2.32. The van der Waals surface area contributed by atoms with Gasteiger partial charge in [0.1, 0.15) is 17.1 Å². The van der Waals surface area contributed by atoms with E-state index < -0.39 is 35.3 Å². The van der Waals surface area contributed by atoms with Crippen molar-refractivity contribution >= 4 is 29.1 Å². The topological polar surface area (TPSA) is 107 Å². The van der Waals surface area contributed by atoms with E-state index in [0.29, 0.717) is 11.4 Å². The van der Waals surface area contributed by atoms with Gasteiger partial charge in [-0.1, -0.05) is 24.3 Å². The molecule has 2 N–H and O–H groups in total. The van der Waals surface area contributed by atoms with Crippen molar-refractivity contribution in [3.63, 3.8) is 0 Å². The molecule has 0 saturated heterocycles. The number of esters is 1. The molecule has 4 aromatic rings. The predicted octanol–water partition coefficient (Wildman–Crippen LogP) is 4.83. The van der Waals surface area contributed by atoms with Crippen LogP contribution in [0.15, 0.2) is 77.7 Å². The number of hydrogen-bond donors (Lipinski definition) is 2. The number of anilines is 3. The largest absolute Gasteiger partial charge is 0.449 e. The van der Waals surface area contributed by atoms with E-state index in [2.05, 4.69) is 15.6 Å². The molecule has 0 radical (unpaired) electrons. The van der Waals surface area contributed by atoms with Gasteiger partial charge in [0.15, 0.2) is 6.10 Å². The van der Waals surface area contributed by atoms with Crippen LogP contribution >= 0.6 is 0 Å². The van der Waals surface area contributed by atoms with Gasteiger partial charge in [-0.15, -0.1) is 0 Å². The van der Waals surface area contributed by atoms with E-state index in [1.54, 1.807) is 42.9 Å². The van der Waals surface area contributed by atoms with Crippen LogP contribution in [-0.2, 0) is 22.8 Å². The van der Waals surface area contributed by atoms with Gasteiger partial charge in [-0.05, 0) is 56.3 Å². The number of nitrogens with zero attached hydrogens (tertiary/aromatic N) is 3. The highest BCUT2D eigenvalue weighted by Crippen LogP contribution is 2.31. The third-order valence-electron chi connectivity index (χ3n) is 5.94. The van der Waals surface area contributed by atoms with Gasteiger partial charge in [0.25, 0.3) is 11.5 Å². The molecular formula is C27H24F3N5O4. The molecule has 0 aliphatic heterocycles. The molecule has 2 aromatic heterocycles. The number of rotatable bonds is 7. The summed E-state index contributed by atoms with van der Waals surface area (Å²) in [5, 5.41) is 5.22. The van der Waals surface area contributed by atoms with Crippen molar-refractivity contribution in [3.05, 3.63) is 100 Å². The van der Waals surface area contributed by atoms with E-state index >= 15 is 0 Å². The fourth-order valence-electron chi connectivity index (χ4n) is 3.79. The van der Waals surface area contributed by atoms with E-state index in [-0.39, 0.29) is 22.8 Å². The van der Waals surface area contributed by atoms with Crippen LogP contribution in [0.5, 0.6) is 0 Å². The van der Waals surface area contributed by atoms with Gasteiger partial charge in [0.2, 0.25) is 0 Å². The second kappa shape index (κ2) is 10.9. The first kappa shape index (κ1) is 27.2. The van der Waals surface area contributed by atoms with Crippen LogP contribution in [0.4, 0.5) is 30.4 Å². The van der Waals surface area contributed by atoms with Crippen LogP contribution in [0.25, 0.3) is 5.69 Å². The van der Waals surface area contributed by atoms with Crippen molar-refractivity contribution < 1.29 is 27.5 Å². The molecule has 0 unspecified atom stereocenters. The highest BCUT2D eigenvalue weighted by Gasteiger charge is 2.30. The van der Waals surface area contributed by atoms with Gasteiger partial charge < -0.3 is 15.4 Å². The van der Waals surface area contributed by atoms with E-state index in [1.807, 2.05) is 6.07 Å². The van der Waals surface area contributed by atoms with Crippen molar-refractivity contribution in [3.8, 4) is 5.69 Å². The zero-order chi connectivity index (χ0) is 28.3. The average molecular weight is 540 g/mol. The standard InChI is InChI=1S/C27H24F3N5O4/c1-16-22(25(37)35(34(16)3)20-11-5-4-6-12-20)33-24(36)17(2)39-26(38)21-13-8-14-31-23(21)32-19-10-7-9-18(15-19)27(28,29)30/h4-15,17H,1-3H3,(H,31,32)(H,33,36)/t17-/m0/s1. The zero-order valence-corrected chi connectivity index (χ0v) is 21.1. The second-order valence-electron chi connectivity index (χ2n) is 8.58. The highest BCUT2D eigenvalue weighted by molar-refractivity contribution is 5.99. The van der Waals surface area contributed by atoms with Gasteiger partial charge >= 0.3 is 12.1 Å². The minimum Gasteiger partial charge on any atom is -0.449 e. The van der Waals surface area contributed by atoms with Crippen LogP contribution in [0, 0.1) is 6.92 Å². The van der Waals surface area contributed by atoms with E-state index in [1.165, 1.54) is 42.1 Å². The van der Waals surface area contributed by atoms with E-state index in [0.717, 1.165) is 12.1 Å². The number of ether oxygens (including phenoxy) is 1. The molecule has 0 aliphatic rings. The summed E-state index contributed by atoms with van der Waals surface area (Å²) < 4.78 is 47.5. The van der Waals surface area contributed by atoms with E-state index in [4.69, 9.17) is 4.74 Å². The summed E-state index contributed by atoms with van der Waals surface area (Å²) in [6.45, 7) is 2.99. The minimum absolute atomic E-state index is 0.0301. The van der Waals surface area contributed by atoms with Crippen LogP contribution in [0.2, 0.25) is 0 Å². The number of pyridine rings is 1. The Morgan fingerprint density at radius 2 is 1.74 bits per heavy atom.